The van der Waals surface area contributed by atoms with Crippen LogP contribution in [0, 0.1) is 0 Å². The van der Waals surface area contributed by atoms with E-state index in [1.54, 1.807) is 12.3 Å². The summed E-state index contributed by atoms with van der Waals surface area (Å²) in [6.45, 7) is 0. The molecule has 3 rings (SSSR count). The Hall–Kier alpha value is -2.74. The van der Waals surface area contributed by atoms with E-state index in [9.17, 15) is 4.79 Å². The van der Waals surface area contributed by atoms with Gasteiger partial charge in [0.05, 0.1) is 23.0 Å². The number of carboxylic acid groups (broad SMARTS) is 1. The Morgan fingerprint density at radius 1 is 1.35 bits per heavy atom. The van der Waals surface area contributed by atoms with Crippen molar-refractivity contribution in [3.8, 4) is 0 Å². The molecular weight excluding hydrogens is 284 g/mol. The molecular formula is C11H7ClN6O2. The van der Waals surface area contributed by atoms with Gasteiger partial charge in [-0.15, -0.1) is 5.10 Å². The van der Waals surface area contributed by atoms with Crippen molar-refractivity contribution >= 4 is 34.7 Å². The van der Waals surface area contributed by atoms with Gasteiger partial charge >= 0.3 is 5.97 Å². The van der Waals surface area contributed by atoms with Gasteiger partial charge in [-0.25, -0.2) is 4.79 Å². The molecule has 0 spiro atoms. The number of halogens is 1. The molecule has 0 aliphatic carbocycles. The Morgan fingerprint density at radius 2 is 2.20 bits per heavy atom. The number of hydrogen-bond donors (Lipinski definition) is 2. The van der Waals surface area contributed by atoms with Gasteiger partial charge in [0, 0.05) is 5.69 Å². The number of aromatic nitrogens is 5. The van der Waals surface area contributed by atoms with Gasteiger partial charge in [0.1, 0.15) is 0 Å². The van der Waals surface area contributed by atoms with Crippen LogP contribution in [0.2, 0.25) is 5.02 Å². The first-order valence-corrected chi connectivity index (χ1v) is 5.85. The molecule has 20 heavy (non-hydrogen) atoms. The first kappa shape index (κ1) is 12.3. The second-order valence-corrected chi connectivity index (χ2v) is 4.27. The van der Waals surface area contributed by atoms with Crippen LogP contribution in [0.4, 0.5) is 11.5 Å². The molecule has 0 aliphatic rings. The third-order valence-corrected chi connectivity index (χ3v) is 2.89. The van der Waals surface area contributed by atoms with E-state index in [1.807, 2.05) is 0 Å². The van der Waals surface area contributed by atoms with Crippen molar-refractivity contribution in [1.29, 1.82) is 0 Å². The first-order chi connectivity index (χ1) is 9.65. The van der Waals surface area contributed by atoms with Gasteiger partial charge < -0.3 is 10.4 Å². The SMILES string of the molecule is O=C(O)c1ccc(Nc2cncc3nnnn23)cc1Cl. The molecule has 1 aromatic carbocycles. The highest BCUT2D eigenvalue weighted by atomic mass is 35.5. The van der Waals surface area contributed by atoms with E-state index in [2.05, 4.69) is 25.8 Å². The maximum Gasteiger partial charge on any atom is 0.337 e. The van der Waals surface area contributed by atoms with Crippen LogP contribution in [0.1, 0.15) is 10.4 Å². The largest absolute Gasteiger partial charge is 0.478 e. The molecule has 0 fully saturated rings. The Balaban J connectivity index is 1.97. The molecule has 8 nitrogen and oxygen atoms in total. The predicted molar refractivity (Wildman–Crippen MR) is 70.3 cm³/mol. The zero-order chi connectivity index (χ0) is 14.1. The Morgan fingerprint density at radius 3 is 2.95 bits per heavy atom. The molecule has 0 unspecified atom stereocenters. The number of benzene rings is 1. The number of anilines is 2. The number of hydrogen-bond acceptors (Lipinski definition) is 6. The van der Waals surface area contributed by atoms with Gasteiger partial charge in [0.15, 0.2) is 11.5 Å². The predicted octanol–water partition coefficient (Wildman–Crippen LogP) is 1.61. The maximum atomic E-state index is 10.9. The Kier molecular flexibility index (Phi) is 2.92. The number of rotatable bonds is 3. The van der Waals surface area contributed by atoms with E-state index in [0.717, 1.165) is 0 Å². The number of nitrogens with zero attached hydrogens (tertiary/aromatic N) is 5. The maximum absolute atomic E-state index is 10.9. The summed E-state index contributed by atoms with van der Waals surface area (Å²) in [6, 6.07) is 4.52. The van der Waals surface area contributed by atoms with Crippen LogP contribution in [0.25, 0.3) is 5.65 Å². The molecule has 0 atom stereocenters. The number of tetrazole rings is 1. The lowest BCUT2D eigenvalue weighted by molar-refractivity contribution is 0.0697. The normalized spacial score (nSPS) is 10.7. The monoisotopic (exact) mass is 290 g/mol. The zero-order valence-corrected chi connectivity index (χ0v) is 10.6. The first-order valence-electron chi connectivity index (χ1n) is 5.47. The van der Waals surface area contributed by atoms with Crippen LogP contribution in [0.15, 0.2) is 30.6 Å². The zero-order valence-electron chi connectivity index (χ0n) is 9.86. The molecule has 0 radical (unpaired) electrons. The van der Waals surface area contributed by atoms with Crippen LogP contribution in [0.5, 0.6) is 0 Å². The van der Waals surface area contributed by atoms with Crippen molar-refractivity contribution in [3.05, 3.63) is 41.2 Å². The molecule has 0 saturated carbocycles. The number of carboxylic acids is 1. The minimum atomic E-state index is -1.08. The molecule has 0 saturated heterocycles. The van der Waals surface area contributed by atoms with Crippen LogP contribution in [-0.4, -0.2) is 36.1 Å². The van der Waals surface area contributed by atoms with Crippen molar-refractivity contribution in [2.75, 3.05) is 5.32 Å². The standard InChI is InChI=1S/C11H7ClN6O2/c12-8-3-6(1-2-7(8)11(19)20)14-9-4-13-5-10-15-16-17-18(9)10/h1-5,14H,(H,19,20). The van der Waals surface area contributed by atoms with Gasteiger partial charge in [-0.1, -0.05) is 11.6 Å². The molecule has 0 aliphatic heterocycles. The fraction of sp³-hybridized carbons (Fsp3) is 0. The highest BCUT2D eigenvalue weighted by molar-refractivity contribution is 6.33. The van der Waals surface area contributed by atoms with Gasteiger partial charge in [-0.2, -0.15) is 4.52 Å². The number of fused-ring (bicyclic) bond motifs is 1. The number of nitrogens with one attached hydrogen (secondary N) is 1. The van der Waals surface area contributed by atoms with Gasteiger partial charge in [-0.3, -0.25) is 4.98 Å². The summed E-state index contributed by atoms with van der Waals surface area (Å²) in [5.41, 5.74) is 1.13. The van der Waals surface area contributed by atoms with Crippen molar-refractivity contribution in [3.63, 3.8) is 0 Å². The fourth-order valence-corrected chi connectivity index (χ4v) is 1.94. The molecule has 2 N–H and O–H groups in total. The summed E-state index contributed by atoms with van der Waals surface area (Å²) < 4.78 is 1.46. The summed E-state index contributed by atoms with van der Waals surface area (Å²) in [5, 5.41) is 23.2. The molecule has 3 aromatic rings. The van der Waals surface area contributed by atoms with Crippen molar-refractivity contribution in [2.45, 2.75) is 0 Å². The van der Waals surface area contributed by atoms with Crippen LogP contribution < -0.4 is 5.32 Å². The van der Waals surface area contributed by atoms with E-state index in [0.29, 0.717) is 17.2 Å². The van der Waals surface area contributed by atoms with E-state index < -0.39 is 5.97 Å². The highest BCUT2D eigenvalue weighted by Gasteiger charge is 2.10. The highest BCUT2D eigenvalue weighted by Crippen LogP contribution is 2.23. The van der Waals surface area contributed by atoms with Crippen LogP contribution in [0.3, 0.4) is 0 Å². The lowest BCUT2D eigenvalue weighted by Gasteiger charge is -2.08. The molecule has 2 aromatic heterocycles. The smallest absolute Gasteiger partial charge is 0.337 e. The van der Waals surface area contributed by atoms with Crippen LogP contribution >= 0.6 is 11.6 Å². The minimum absolute atomic E-state index is 0.0379. The second-order valence-electron chi connectivity index (χ2n) is 3.87. The molecule has 0 amide bonds. The molecule has 2 heterocycles. The van der Waals surface area contributed by atoms with E-state index in [1.165, 1.54) is 22.8 Å². The third-order valence-electron chi connectivity index (χ3n) is 2.58. The number of carbonyl (C=O) groups is 1. The summed E-state index contributed by atoms with van der Waals surface area (Å²) >= 11 is 5.90. The van der Waals surface area contributed by atoms with E-state index in [4.69, 9.17) is 16.7 Å². The van der Waals surface area contributed by atoms with E-state index >= 15 is 0 Å². The topological polar surface area (TPSA) is 105 Å². The van der Waals surface area contributed by atoms with Gasteiger partial charge in [0.25, 0.3) is 0 Å². The summed E-state index contributed by atoms with van der Waals surface area (Å²) in [4.78, 5) is 14.9. The minimum Gasteiger partial charge on any atom is -0.478 e. The van der Waals surface area contributed by atoms with Crippen molar-refractivity contribution < 1.29 is 9.90 Å². The number of aromatic carboxylic acids is 1. The fourth-order valence-electron chi connectivity index (χ4n) is 1.67. The lowest BCUT2D eigenvalue weighted by Crippen LogP contribution is -2.02. The van der Waals surface area contributed by atoms with Gasteiger partial charge in [0.2, 0.25) is 0 Å². The van der Waals surface area contributed by atoms with Gasteiger partial charge in [-0.05, 0) is 28.6 Å². The second kappa shape index (κ2) is 4.74. The Bertz CT molecular complexity index is 802. The summed E-state index contributed by atoms with van der Waals surface area (Å²) in [5.74, 6) is -0.544. The van der Waals surface area contributed by atoms with Crippen molar-refractivity contribution in [1.82, 2.24) is 25.0 Å². The molecule has 100 valence electrons. The average molecular weight is 291 g/mol. The van der Waals surface area contributed by atoms with Crippen molar-refractivity contribution in [2.24, 2.45) is 0 Å². The lowest BCUT2D eigenvalue weighted by atomic mass is 10.2. The Labute approximate surface area is 117 Å². The van der Waals surface area contributed by atoms with Crippen LogP contribution in [-0.2, 0) is 0 Å². The molecule has 0 bridgehead atoms. The summed E-state index contributed by atoms with van der Waals surface area (Å²) in [6.07, 6.45) is 3.06. The summed E-state index contributed by atoms with van der Waals surface area (Å²) in [7, 11) is 0. The third kappa shape index (κ3) is 2.12. The average Bonchev–Trinajstić information content (AvgIpc) is 2.87. The molecule has 9 heteroatoms. The van der Waals surface area contributed by atoms with E-state index in [-0.39, 0.29) is 10.6 Å². The quantitative estimate of drug-likeness (QED) is 0.755.